The lowest BCUT2D eigenvalue weighted by molar-refractivity contribution is 0.0740. The maximum atomic E-state index is 13.8. The molecule has 2 heterocycles. The molecule has 1 amide bonds. The number of oxazole rings is 1. The lowest BCUT2D eigenvalue weighted by Crippen LogP contribution is -2.49. The van der Waals surface area contributed by atoms with Crippen molar-refractivity contribution in [2.75, 3.05) is 36.8 Å². The minimum Gasteiger partial charge on any atom is -0.423 e. The molecule has 1 aromatic heterocycles. The van der Waals surface area contributed by atoms with Crippen molar-refractivity contribution in [1.82, 2.24) is 9.88 Å². The van der Waals surface area contributed by atoms with Crippen LogP contribution in [0.15, 0.2) is 46.9 Å². The van der Waals surface area contributed by atoms with Crippen molar-refractivity contribution in [1.29, 1.82) is 0 Å². The van der Waals surface area contributed by atoms with E-state index in [-0.39, 0.29) is 11.5 Å². The summed E-state index contributed by atoms with van der Waals surface area (Å²) in [6, 6.07) is 11.9. The average Bonchev–Trinajstić information content (AvgIpc) is 3.05. The van der Waals surface area contributed by atoms with Crippen LogP contribution >= 0.6 is 0 Å². The number of hydrogen-bond donors (Lipinski definition) is 1. The van der Waals surface area contributed by atoms with E-state index in [4.69, 9.17) is 10.2 Å². The quantitative estimate of drug-likeness (QED) is 0.726. The number of nitrogens with zero attached hydrogens (tertiary/aromatic N) is 3. The number of benzene rings is 2. The number of carbonyl (C=O) groups excluding carboxylic acids is 1. The van der Waals surface area contributed by atoms with E-state index in [9.17, 15) is 9.18 Å². The van der Waals surface area contributed by atoms with Crippen molar-refractivity contribution in [2.45, 2.75) is 0 Å². The Bertz CT molecular complexity index is 932. The summed E-state index contributed by atoms with van der Waals surface area (Å²) in [6.45, 7) is 2.10. The number of piperazine rings is 1. The number of nitrogen functional groups attached to an aromatic ring is 1. The molecule has 1 fully saturated rings. The van der Waals surface area contributed by atoms with Gasteiger partial charge in [-0.2, -0.15) is 4.98 Å². The van der Waals surface area contributed by atoms with E-state index < -0.39 is 5.82 Å². The van der Waals surface area contributed by atoms with Gasteiger partial charge < -0.3 is 20.0 Å². The van der Waals surface area contributed by atoms with Gasteiger partial charge in [0.1, 0.15) is 11.3 Å². The minimum absolute atomic E-state index is 0.105. The molecule has 6 nitrogen and oxygen atoms in total. The molecule has 128 valence electrons. The zero-order chi connectivity index (χ0) is 17.4. The number of hydrogen-bond acceptors (Lipinski definition) is 5. The molecule has 0 aliphatic carbocycles. The molecule has 0 bridgehead atoms. The first-order valence-corrected chi connectivity index (χ1v) is 8.06. The van der Waals surface area contributed by atoms with Crippen molar-refractivity contribution in [3.8, 4) is 0 Å². The number of anilines is 2. The summed E-state index contributed by atoms with van der Waals surface area (Å²) in [7, 11) is 0. The molecule has 2 N–H and O–H groups in total. The number of halogens is 1. The van der Waals surface area contributed by atoms with Crippen molar-refractivity contribution in [3.05, 3.63) is 53.8 Å². The lowest BCUT2D eigenvalue weighted by atomic mass is 10.1. The average molecular weight is 340 g/mol. The van der Waals surface area contributed by atoms with Crippen molar-refractivity contribution < 1.29 is 13.6 Å². The standard InChI is InChI=1S/C18H17FN4O2/c19-14-4-2-1-3-13(14)17(24)22-7-9-23(10-8-22)18-21-15-11-12(20)5-6-16(15)25-18/h1-6,11H,7-10,20H2. The highest BCUT2D eigenvalue weighted by molar-refractivity contribution is 5.94. The number of rotatable bonds is 2. The molecule has 7 heteroatoms. The number of aromatic nitrogens is 1. The van der Waals surface area contributed by atoms with Crippen LogP contribution in [0.5, 0.6) is 0 Å². The van der Waals surface area contributed by atoms with Gasteiger partial charge in [0.15, 0.2) is 5.58 Å². The SMILES string of the molecule is Nc1ccc2oc(N3CCN(C(=O)c4ccccc4F)CC3)nc2c1. The fourth-order valence-electron chi connectivity index (χ4n) is 2.97. The summed E-state index contributed by atoms with van der Waals surface area (Å²) in [5.41, 5.74) is 7.88. The van der Waals surface area contributed by atoms with Crippen LogP contribution in [-0.4, -0.2) is 42.0 Å². The van der Waals surface area contributed by atoms with Crippen LogP contribution in [-0.2, 0) is 0 Å². The molecule has 1 saturated heterocycles. The second-order valence-electron chi connectivity index (χ2n) is 5.98. The number of carbonyl (C=O) groups is 1. The number of fused-ring (bicyclic) bond motifs is 1. The molecule has 4 rings (SSSR count). The first-order valence-electron chi connectivity index (χ1n) is 8.06. The molecule has 0 atom stereocenters. The van der Waals surface area contributed by atoms with Crippen LogP contribution in [0.25, 0.3) is 11.1 Å². The van der Waals surface area contributed by atoms with Gasteiger partial charge in [-0.3, -0.25) is 4.79 Å². The van der Waals surface area contributed by atoms with Gasteiger partial charge in [-0.05, 0) is 30.3 Å². The molecule has 0 radical (unpaired) electrons. The second kappa shape index (κ2) is 6.08. The summed E-state index contributed by atoms with van der Waals surface area (Å²) in [4.78, 5) is 20.5. The largest absolute Gasteiger partial charge is 0.423 e. The summed E-state index contributed by atoms with van der Waals surface area (Å²) in [5.74, 6) is -0.783. The van der Waals surface area contributed by atoms with E-state index in [1.807, 2.05) is 4.90 Å². The zero-order valence-corrected chi connectivity index (χ0v) is 13.5. The Morgan fingerprint density at radius 1 is 1.12 bits per heavy atom. The molecular weight excluding hydrogens is 323 g/mol. The highest BCUT2D eigenvalue weighted by Gasteiger charge is 2.26. The highest BCUT2D eigenvalue weighted by Crippen LogP contribution is 2.24. The summed E-state index contributed by atoms with van der Waals surface area (Å²) in [6.07, 6.45) is 0. The van der Waals surface area contributed by atoms with Gasteiger partial charge in [-0.15, -0.1) is 0 Å². The van der Waals surface area contributed by atoms with Crippen LogP contribution in [0.2, 0.25) is 0 Å². The van der Waals surface area contributed by atoms with E-state index >= 15 is 0 Å². The maximum absolute atomic E-state index is 13.8. The van der Waals surface area contributed by atoms with Gasteiger partial charge in [0.25, 0.3) is 11.9 Å². The van der Waals surface area contributed by atoms with Crippen molar-refractivity contribution in [2.24, 2.45) is 0 Å². The van der Waals surface area contributed by atoms with E-state index in [1.165, 1.54) is 12.1 Å². The van der Waals surface area contributed by atoms with Gasteiger partial charge >= 0.3 is 0 Å². The predicted octanol–water partition coefficient (Wildman–Crippen LogP) is 2.51. The maximum Gasteiger partial charge on any atom is 0.298 e. The molecule has 25 heavy (non-hydrogen) atoms. The fourth-order valence-corrected chi connectivity index (χ4v) is 2.97. The van der Waals surface area contributed by atoms with E-state index in [0.29, 0.717) is 49.0 Å². The van der Waals surface area contributed by atoms with E-state index in [2.05, 4.69) is 4.98 Å². The van der Waals surface area contributed by atoms with Crippen LogP contribution in [0, 0.1) is 5.82 Å². The van der Waals surface area contributed by atoms with Gasteiger partial charge in [0.05, 0.1) is 5.56 Å². The van der Waals surface area contributed by atoms with E-state index in [1.54, 1.807) is 35.2 Å². The molecule has 3 aromatic rings. The van der Waals surface area contributed by atoms with Gasteiger partial charge in [-0.25, -0.2) is 4.39 Å². The second-order valence-corrected chi connectivity index (χ2v) is 5.98. The Labute approximate surface area is 143 Å². The molecule has 0 saturated carbocycles. The molecule has 0 spiro atoms. The normalized spacial score (nSPS) is 14.9. The molecule has 2 aromatic carbocycles. The topological polar surface area (TPSA) is 75.6 Å². The Morgan fingerprint density at radius 3 is 2.64 bits per heavy atom. The van der Waals surface area contributed by atoms with Crippen molar-refractivity contribution in [3.63, 3.8) is 0 Å². The Morgan fingerprint density at radius 2 is 1.88 bits per heavy atom. The highest BCUT2D eigenvalue weighted by atomic mass is 19.1. The summed E-state index contributed by atoms with van der Waals surface area (Å²) in [5, 5.41) is 0. The third kappa shape index (κ3) is 2.88. The number of amides is 1. The third-order valence-electron chi connectivity index (χ3n) is 4.34. The number of nitrogens with two attached hydrogens (primary N) is 1. The fraction of sp³-hybridized carbons (Fsp3) is 0.222. The Hall–Kier alpha value is -3.09. The zero-order valence-electron chi connectivity index (χ0n) is 13.5. The monoisotopic (exact) mass is 340 g/mol. The third-order valence-corrected chi connectivity index (χ3v) is 4.34. The predicted molar refractivity (Wildman–Crippen MR) is 92.9 cm³/mol. The van der Waals surface area contributed by atoms with E-state index in [0.717, 1.165) is 0 Å². The Kier molecular flexibility index (Phi) is 3.76. The first-order chi connectivity index (χ1) is 12.1. The van der Waals surface area contributed by atoms with Crippen LogP contribution in [0.1, 0.15) is 10.4 Å². The van der Waals surface area contributed by atoms with Crippen LogP contribution in [0.3, 0.4) is 0 Å². The molecule has 1 aliphatic rings. The molecule has 1 aliphatic heterocycles. The smallest absolute Gasteiger partial charge is 0.298 e. The summed E-state index contributed by atoms with van der Waals surface area (Å²) >= 11 is 0. The minimum atomic E-state index is -0.494. The van der Waals surface area contributed by atoms with Gasteiger partial charge in [0.2, 0.25) is 0 Å². The molecular formula is C18H17FN4O2. The Balaban J connectivity index is 1.47. The van der Waals surface area contributed by atoms with Crippen LogP contribution in [0.4, 0.5) is 16.1 Å². The van der Waals surface area contributed by atoms with Crippen molar-refractivity contribution >= 4 is 28.7 Å². The van der Waals surface area contributed by atoms with Gasteiger partial charge in [0, 0.05) is 31.9 Å². The van der Waals surface area contributed by atoms with Crippen LogP contribution < -0.4 is 10.6 Å². The van der Waals surface area contributed by atoms with Gasteiger partial charge in [-0.1, -0.05) is 12.1 Å². The lowest BCUT2D eigenvalue weighted by Gasteiger charge is -2.33. The summed E-state index contributed by atoms with van der Waals surface area (Å²) < 4.78 is 19.6. The first kappa shape index (κ1) is 15.4. The molecule has 0 unspecified atom stereocenters.